The molecule has 1 aromatic rings. The minimum Gasteiger partial charge on any atom is -0.267 e. The van der Waals surface area contributed by atoms with E-state index >= 15 is 4.39 Å². The number of benzene rings is 1. The number of carbonyl (C=O) groups excluding carboxylic acids is 1. The zero-order chi connectivity index (χ0) is 21.0. The number of rotatable bonds is 7. The number of carbonyl (C=O) groups is 1. The van der Waals surface area contributed by atoms with E-state index in [-0.39, 0.29) is 5.92 Å². The summed E-state index contributed by atoms with van der Waals surface area (Å²) in [6.07, 6.45) is 6.48. The van der Waals surface area contributed by atoms with Crippen molar-refractivity contribution in [3.63, 3.8) is 0 Å². The summed E-state index contributed by atoms with van der Waals surface area (Å²) in [5.41, 5.74) is 2.12. The van der Waals surface area contributed by atoms with Crippen molar-refractivity contribution in [1.82, 2.24) is 9.79 Å². The number of halogens is 1. The Kier molecular flexibility index (Phi) is 4.95. The standard InChI is InChI=1S/C22H29FN2O4S/c23-22(17-10-11-17,29-24-20(26)16-8-3-1-4-9-16)18-19(21(18)12-5-2-6-13-21)30(27,28)25-14-7-15-25/h1,3-4,8-9,17-19H,2,5-7,10-15H2,(H,24,26). The minimum atomic E-state index is -3.57. The fourth-order valence-electron chi connectivity index (χ4n) is 5.68. The maximum absolute atomic E-state index is 16.5. The van der Waals surface area contributed by atoms with Gasteiger partial charge in [0.1, 0.15) is 0 Å². The number of hydroxylamine groups is 1. The lowest BCUT2D eigenvalue weighted by molar-refractivity contribution is -0.212. The van der Waals surface area contributed by atoms with Crippen LogP contribution in [0.3, 0.4) is 0 Å². The molecule has 5 rings (SSSR count). The highest BCUT2D eigenvalue weighted by atomic mass is 32.2. The van der Waals surface area contributed by atoms with Gasteiger partial charge < -0.3 is 0 Å². The van der Waals surface area contributed by atoms with Crippen LogP contribution in [-0.4, -0.2) is 42.8 Å². The highest BCUT2D eigenvalue weighted by molar-refractivity contribution is 7.90. The molecule has 8 heteroatoms. The zero-order valence-electron chi connectivity index (χ0n) is 17.1. The van der Waals surface area contributed by atoms with Crippen molar-refractivity contribution in [2.75, 3.05) is 13.1 Å². The summed E-state index contributed by atoms with van der Waals surface area (Å²) in [6.45, 7) is 1.05. The Morgan fingerprint density at radius 3 is 2.33 bits per heavy atom. The molecule has 0 radical (unpaired) electrons. The predicted octanol–water partition coefficient (Wildman–Crippen LogP) is 3.41. The number of alkyl halides is 1. The molecule has 4 fully saturated rings. The average molecular weight is 437 g/mol. The van der Waals surface area contributed by atoms with Crippen LogP contribution in [0.5, 0.6) is 0 Å². The number of hydrogen-bond acceptors (Lipinski definition) is 4. The van der Waals surface area contributed by atoms with Crippen LogP contribution in [0, 0.1) is 17.3 Å². The molecule has 3 atom stereocenters. The van der Waals surface area contributed by atoms with Gasteiger partial charge in [-0.2, -0.15) is 0 Å². The highest BCUT2D eigenvalue weighted by Gasteiger charge is 2.80. The molecule has 1 aliphatic heterocycles. The second kappa shape index (κ2) is 7.28. The molecule has 164 valence electrons. The summed E-state index contributed by atoms with van der Waals surface area (Å²) < 4.78 is 44.7. The number of nitrogens with one attached hydrogen (secondary N) is 1. The molecule has 1 saturated heterocycles. The number of nitrogens with zero attached hydrogens (tertiary/aromatic N) is 1. The van der Waals surface area contributed by atoms with Gasteiger partial charge in [-0.05, 0) is 49.7 Å². The summed E-state index contributed by atoms with van der Waals surface area (Å²) in [5, 5.41) is -0.746. The minimum absolute atomic E-state index is 0.367. The molecular formula is C22H29FN2O4S. The van der Waals surface area contributed by atoms with Crippen LogP contribution in [0.2, 0.25) is 0 Å². The second-order valence-corrected chi connectivity index (χ2v) is 11.4. The van der Waals surface area contributed by atoms with Crippen molar-refractivity contribution in [3.8, 4) is 0 Å². The van der Waals surface area contributed by atoms with E-state index in [0.29, 0.717) is 44.3 Å². The molecule has 1 N–H and O–H groups in total. The first-order valence-electron chi connectivity index (χ1n) is 11.1. The van der Waals surface area contributed by atoms with Gasteiger partial charge in [0.15, 0.2) is 0 Å². The van der Waals surface area contributed by atoms with Gasteiger partial charge in [0.05, 0.1) is 5.25 Å². The molecule has 0 aromatic heterocycles. The van der Waals surface area contributed by atoms with Gasteiger partial charge in [-0.1, -0.05) is 37.5 Å². The molecule has 1 heterocycles. The summed E-state index contributed by atoms with van der Waals surface area (Å²) in [6, 6.07) is 8.51. The lowest BCUT2D eigenvalue weighted by atomic mass is 9.82. The van der Waals surface area contributed by atoms with Crippen molar-refractivity contribution < 1.29 is 22.4 Å². The number of hydrogen-bond donors (Lipinski definition) is 1. The molecule has 3 unspecified atom stereocenters. The first-order valence-corrected chi connectivity index (χ1v) is 12.6. The van der Waals surface area contributed by atoms with Crippen LogP contribution in [-0.2, 0) is 14.9 Å². The van der Waals surface area contributed by atoms with Gasteiger partial charge in [0.25, 0.3) is 5.91 Å². The van der Waals surface area contributed by atoms with E-state index in [1.807, 2.05) is 0 Å². The van der Waals surface area contributed by atoms with E-state index in [1.165, 1.54) is 4.31 Å². The molecule has 0 bridgehead atoms. The van der Waals surface area contributed by atoms with Gasteiger partial charge in [-0.15, -0.1) is 0 Å². The average Bonchev–Trinajstić information content (AvgIpc) is 3.61. The molecule has 1 spiro atoms. The molecule has 4 aliphatic rings. The van der Waals surface area contributed by atoms with Crippen molar-refractivity contribution in [2.24, 2.45) is 17.3 Å². The summed E-state index contributed by atoms with van der Waals surface area (Å²) in [4.78, 5) is 18.0. The number of sulfonamides is 1. The second-order valence-electron chi connectivity index (χ2n) is 9.36. The third-order valence-electron chi connectivity index (χ3n) is 7.55. The van der Waals surface area contributed by atoms with Gasteiger partial charge in [0, 0.05) is 30.5 Å². The molecule has 30 heavy (non-hydrogen) atoms. The van der Waals surface area contributed by atoms with E-state index in [2.05, 4.69) is 5.48 Å². The fourth-order valence-corrected chi connectivity index (χ4v) is 8.46. The first kappa shape index (κ1) is 20.4. The van der Waals surface area contributed by atoms with Crippen LogP contribution < -0.4 is 5.48 Å². The summed E-state index contributed by atoms with van der Waals surface area (Å²) in [7, 11) is -3.57. The van der Waals surface area contributed by atoms with E-state index < -0.39 is 38.4 Å². The monoisotopic (exact) mass is 436 g/mol. The van der Waals surface area contributed by atoms with Gasteiger partial charge in [-0.3, -0.25) is 4.79 Å². The fraction of sp³-hybridized carbons (Fsp3) is 0.682. The topological polar surface area (TPSA) is 75.7 Å². The van der Waals surface area contributed by atoms with Crippen molar-refractivity contribution >= 4 is 15.9 Å². The van der Waals surface area contributed by atoms with Crippen molar-refractivity contribution in [1.29, 1.82) is 0 Å². The molecule has 3 saturated carbocycles. The lowest BCUT2D eigenvalue weighted by Gasteiger charge is -2.31. The maximum Gasteiger partial charge on any atom is 0.274 e. The van der Waals surface area contributed by atoms with E-state index in [9.17, 15) is 13.2 Å². The number of amides is 1. The molecule has 6 nitrogen and oxygen atoms in total. The van der Waals surface area contributed by atoms with Gasteiger partial charge in [0.2, 0.25) is 15.9 Å². The largest absolute Gasteiger partial charge is 0.274 e. The van der Waals surface area contributed by atoms with E-state index in [4.69, 9.17) is 4.84 Å². The van der Waals surface area contributed by atoms with Crippen LogP contribution in [0.15, 0.2) is 30.3 Å². The van der Waals surface area contributed by atoms with Crippen LogP contribution >= 0.6 is 0 Å². The Bertz CT molecular complexity index is 910. The zero-order valence-corrected chi connectivity index (χ0v) is 17.9. The van der Waals surface area contributed by atoms with Crippen LogP contribution in [0.25, 0.3) is 0 Å². The normalized spacial score (nSPS) is 30.3. The van der Waals surface area contributed by atoms with Crippen molar-refractivity contribution in [3.05, 3.63) is 35.9 Å². The maximum atomic E-state index is 16.5. The van der Waals surface area contributed by atoms with Crippen LogP contribution in [0.1, 0.15) is 61.7 Å². The SMILES string of the molecule is O=C(NOC(F)(C1CC1)C1C(S(=O)(=O)N2CCC2)C12CCCCC2)c1ccccc1. The Hall–Kier alpha value is -1.51. The lowest BCUT2D eigenvalue weighted by Crippen LogP contribution is -2.46. The quantitative estimate of drug-likeness (QED) is 0.665. The Balaban J connectivity index is 1.41. The molecule has 1 amide bonds. The van der Waals surface area contributed by atoms with E-state index in [1.54, 1.807) is 30.3 Å². The van der Waals surface area contributed by atoms with Gasteiger partial charge in [-0.25, -0.2) is 27.4 Å². The smallest absolute Gasteiger partial charge is 0.267 e. The predicted molar refractivity (Wildman–Crippen MR) is 109 cm³/mol. The molecular weight excluding hydrogens is 407 g/mol. The Morgan fingerprint density at radius 1 is 1.10 bits per heavy atom. The van der Waals surface area contributed by atoms with E-state index in [0.717, 1.165) is 25.7 Å². The first-order chi connectivity index (χ1) is 14.4. The third-order valence-corrected chi connectivity index (χ3v) is 10.0. The Labute approximate surface area is 177 Å². The summed E-state index contributed by atoms with van der Waals surface area (Å²) in [5.74, 6) is -3.75. The molecule has 3 aliphatic carbocycles. The van der Waals surface area contributed by atoms with Crippen molar-refractivity contribution in [2.45, 2.75) is 62.5 Å². The summed E-state index contributed by atoms with van der Waals surface area (Å²) >= 11 is 0. The van der Waals surface area contributed by atoms with Gasteiger partial charge >= 0.3 is 0 Å². The Morgan fingerprint density at radius 2 is 1.77 bits per heavy atom. The molecule has 1 aromatic carbocycles. The highest BCUT2D eigenvalue weighted by Crippen LogP contribution is 2.72. The van der Waals surface area contributed by atoms with Crippen LogP contribution in [0.4, 0.5) is 4.39 Å². The third kappa shape index (κ3) is 3.19.